The van der Waals surface area contributed by atoms with Crippen LogP contribution >= 0.6 is 0 Å². The summed E-state index contributed by atoms with van der Waals surface area (Å²) in [5.41, 5.74) is 2.34. The van der Waals surface area contributed by atoms with Crippen molar-refractivity contribution in [3.8, 4) is 5.75 Å². The average molecular weight is 209 g/mol. The van der Waals surface area contributed by atoms with E-state index in [2.05, 4.69) is 18.2 Å². The van der Waals surface area contributed by atoms with Gasteiger partial charge in [0.1, 0.15) is 5.75 Å². The molecule has 1 nitrogen and oxygen atoms in total. The number of rotatable bonds is 3. The Labute approximate surface area is 96.0 Å². The fraction of sp³-hybridized carbons (Fsp3) is 0.0667. The van der Waals surface area contributed by atoms with Crippen LogP contribution < -0.4 is 4.74 Å². The zero-order valence-electron chi connectivity index (χ0n) is 9.18. The third kappa shape index (κ3) is 2.74. The van der Waals surface area contributed by atoms with Gasteiger partial charge in [-0.15, -0.1) is 0 Å². The van der Waals surface area contributed by atoms with Crippen LogP contribution in [0.15, 0.2) is 48.5 Å². The van der Waals surface area contributed by atoms with Crippen molar-refractivity contribution in [2.75, 3.05) is 7.11 Å². The minimum Gasteiger partial charge on any atom is -0.497 e. The summed E-state index contributed by atoms with van der Waals surface area (Å²) in [6.07, 6.45) is 4.16. The van der Waals surface area contributed by atoms with Crippen LogP contribution in [0.3, 0.4) is 0 Å². The third-order valence-corrected chi connectivity index (χ3v) is 2.33. The van der Waals surface area contributed by atoms with Gasteiger partial charge >= 0.3 is 0 Å². The molecule has 79 valence electrons. The lowest BCUT2D eigenvalue weighted by molar-refractivity contribution is 0.415. The molecule has 2 aromatic rings. The molecular weight excluding hydrogens is 196 g/mol. The maximum absolute atomic E-state index is 5.10. The Hall–Kier alpha value is -2.02. The first-order valence-electron chi connectivity index (χ1n) is 5.17. The van der Waals surface area contributed by atoms with E-state index in [-0.39, 0.29) is 0 Å². The molecule has 1 heteroatoms. The van der Waals surface area contributed by atoms with Crippen LogP contribution in [0.5, 0.6) is 5.75 Å². The Bertz CT molecular complexity index is 455. The first-order chi connectivity index (χ1) is 7.88. The highest BCUT2D eigenvalue weighted by Crippen LogP contribution is 2.13. The minimum absolute atomic E-state index is 0.881. The largest absolute Gasteiger partial charge is 0.497 e. The van der Waals surface area contributed by atoms with Crippen LogP contribution in [0.2, 0.25) is 0 Å². The predicted octanol–water partition coefficient (Wildman–Crippen LogP) is 3.67. The van der Waals surface area contributed by atoms with Crippen LogP contribution in [0.25, 0.3) is 12.2 Å². The highest BCUT2D eigenvalue weighted by molar-refractivity contribution is 5.69. The van der Waals surface area contributed by atoms with Gasteiger partial charge in [-0.1, -0.05) is 48.6 Å². The van der Waals surface area contributed by atoms with E-state index in [4.69, 9.17) is 4.74 Å². The first-order valence-corrected chi connectivity index (χ1v) is 5.17. The fourth-order valence-electron chi connectivity index (χ4n) is 1.42. The molecule has 0 N–H and O–H groups in total. The van der Waals surface area contributed by atoms with Gasteiger partial charge in [-0.05, 0) is 29.3 Å². The molecule has 0 aliphatic heterocycles. The van der Waals surface area contributed by atoms with Gasteiger partial charge in [0.15, 0.2) is 0 Å². The Kier molecular flexibility index (Phi) is 3.39. The van der Waals surface area contributed by atoms with E-state index >= 15 is 0 Å². The van der Waals surface area contributed by atoms with Crippen LogP contribution in [0, 0.1) is 6.07 Å². The van der Waals surface area contributed by atoms with Crippen LogP contribution in [-0.2, 0) is 0 Å². The molecule has 0 aliphatic carbocycles. The summed E-state index contributed by atoms with van der Waals surface area (Å²) in [5, 5.41) is 0. The molecule has 2 rings (SSSR count). The van der Waals surface area contributed by atoms with Crippen molar-refractivity contribution >= 4 is 12.2 Å². The molecule has 0 bridgehead atoms. The number of hydrogen-bond acceptors (Lipinski definition) is 1. The van der Waals surface area contributed by atoms with Crippen LogP contribution in [0.1, 0.15) is 11.1 Å². The number of ether oxygens (including phenoxy) is 1. The van der Waals surface area contributed by atoms with E-state index in [1.165, 1.54) is 5.56 Å². The second kappa shape index (κ2) is 5.17. The second-order valence-corrected chi connectivity index (χ2v) is 3.44. The van der Waals surface area contributed by atoms with E-state index < -0.39 is 0 Å². The Morgan fingerprint density at radius 1 is 0.875 bits per heavy atom. The predicted molar refractivity (Wildman–Crippen MR) is 67.2 cm³/mol. The summed E-state index contributed by atoms with van der Waals surface area (Å²) in [6, 6.07) is 18.8. The number of benzene rings is 2. The van der Waals surface area contributed by atoms with Gasteiger partial charge in [-0.2, -0.15) is 0 Å². The van der Waals surface area contributed by atoms with Crippen molar-refractivity contribution in [2.24, 2.45) is 0 Å². The molecule has 0 fully saturated rings. The highest BCUT2D eigenvalue weighted by atomic mass is 16.5. The maximum atomic E-state index is 5.10. The Morgan fingerprint density at radius 2 is 1.44 bits per heavy atom. The molecule has 0 aromatic heterocycles. The lowest BCUT2D eigenvalue weighted by Gasteiger charge is -1.99. The van der Waals surface area contributed by atoms with Crippen molar-refractivity contribution in [3.05, 3.63) is 65.7 Å². The summed E-state index contributed by atoms with van der Waals surface area (Å²) in [4.78, 5) is 0. The molecule has 0 atom stereocenters. The number of methoxy groups -OCH3 is 1. The summed E-state index contributed by atoms with van der Waals surface area (Å²) < 4.78 is 5.10. The van der Waals surface area contributed by atoms with Gasteiger partial charge in [-0.25, -0.2) is 0 Å². The van der Waals surface area contributed by atoms with Gasteiger partial charge in [0.05, 0.1) is 7.11 Å². The van der Waals surface area contributed by atoms with Crippen molar-refractivity contribution < 1.29 is 4.74 Å². The Balaban J connectivity index is 2.12. The third-order valence-electron chi connectivity index (χ3n) is 2.33. The Morgan fingerprint density at radius 3 is 2.00 bits per heavy atom. The summed E-state index contributed by atoms with van der Waals surface area (Å²) in [6.45, 7) is 0. The number of hydrogen-bond donors (Lipinski definition) is 0. The molecule has 1 radical (unpaired) electrons. The van der Waals surface area contributed by atoms with Gasteiger partial charge < -0.3 is 4.74 Å². The monoisotopic (exact) mass is 209 g/mol. The van der Waals surface area contributed by atoms with E-state index in [0.717, 1.165) is 11.3 Å². The van der Waals surface area contributed by atoms with Crippen LogP contribution in [0.4, 0.5) is 0 Å². The topological polar surface area (TPSA) is 9.23 Å². The molecule has 2 aromatic carbocycles. The minimum atomic E-state index is 0.881. The smallest absolute Gasteiger partial charge is 0.118 e. The zero-order valence-corrected chi connectivity index (χ0v) is 9.18. The van der Waals surface area contributed by atoms with Gasteiger partial charge in [0.25, 0.3) is 0 Å². The fourth-order valence-corrected chi connectivity index (χ4v) is 1.42. The quantitative estimate of drug-likeness (QED) is 0.701. The first kappa shape index (κ1) is 10.5. The lowest BCUT2D eigenvalue weighted by Crippen LogP contribution is -1.81. The molecule has 0 saturated carbocycles. The lowest BCUT2D eigenvalue weighted by atomic mass is 10.1. The van der Waals surface area contributed by atoms with E-state index in [0.29, 0.717) is 0 Å². The maximum Gasteiger partial charge on any atom is 0.118 e. The normalized spacial score (nSPS) is 10.6. The van der Waals surface area contributed by atoms with Crippen molar-refractivity contribution in [1.29, 1.82) is 0 Å². The van der Waals surface area contributed by atoms with Crippen molar-refractivity contribution in [1.82, 2.24) is 0 Å². The molecule has 16 heavy (non-hydrogen) atoms. The zero-order chi connectivity index (χ0) is 11.2. The molecule has 0 unspecified atom stereocenters. The standard InChI is InChI=1S/C15H13O/c1-16-15-11-9-14(10-12-15)8-7-13-5-3-2-4-6-13/h3-12H,1H3. The average Bonchev–Trinajstić information content (AvgIpc) is 2.38. The van der Waals surface area contributed by atoms with E-state index in [9.17, 15) is 0 Å². The molecule has 0 spiro atoms. The van der Waals surface area contributed by atoms with E-state index in [1.54, 1.807) is 7.11 Å². The molecular formula is C15H13O. The van der Waals surface area contributed by atoms with Crippen molar-refractivity contribution in [2.45, 2.75) is 0 Å². The summed E-state index contributed by atoms with van der Waals surface area (Å²) in [7, 11) is 1.67. The van der Waals surface area contributed by atoms with E-state index in [1.807, 2.05) is 48.5 Å². The summed E-state index contributed by atoms with van der Waals surface area (Å²) in [5.74, 6) is 0.881. The van der Waals surface area contributed by atoms with Crippen LogP contribution in [-0.4, -0.2) is 7.11 Å². The highest BCUT2D eigenvalue weighted by Gasteiger charge is 1.90. The summed E-state index contributed by atoms with van der Waals surface area (Å²) >= 11 is 0. The van der Waals surface area contributed by atoms with Gasteiger partial charge in [0.2, 0.25) is 0 Å². The van der Waals surface area contributed by atoms with Gasteiger partial charge in [-0.3, -0.25) is 0 Å². The molecule has 0 amide bonds. The molecule has 0 aliphatic rings. The molecule has 0 heterocycles. The SMILES string of the molecule is COc1ccc(C=Cc2cc[c]cc2)cc1. The second-order valence-electron chi connectivity index (χ2n) is 3.44. The molecule has 0 saturated heterocycles. The van der Waals surface area contributed by atoms with Gasteiger partial charge in [0, 0.05) is 0 Å². The van der Waals surface area contributed by atoms with Crippen molar-refractivity contribution in [3.63, 3.8) is 0 Å².